The van der Waals surface area contributed by atoms with Crippen LogP contribution in [0.5, 0.6) is 0 Å². The molecule has 2 rings (SSSR count). The number of hydrogen-bond acceptors (Lipinski definition) is 3. The minimum atomic E-state index is -2.72. The van der Waals surface area contributed by atoms with Crippen LogP contribution in [0.3, 0.4) is 0 Å². The first-order valence-electron chi connectivity index (χ1n) is 6.42. The van der Waals surface area contributed by atoms with Crippen LogP contribution in [0, 0.1) is 17.2 Å². The van der Waals surface area contributed by atoms with Crippen LogP contribution in [0.4, 0.5) is 8.78 Å². The molecule has 0 spiro atoms. The zero-order valence-electron chi connectivity index (χ0n) is 11.1. The van der Waals surface area contributed by atoms with E-state index >= 15 is 0 Å². The van der Waals surface area contributed by atoms with E-state index in [-0.39, 0.29) is 19.3 Å². The summed E-state index contributed by atoms with van der Waals surface area (Å²) in [5.74, 6) is -4.43. The number of carbonyl (C=O) groups is 1. The zero-order valence-corrected chi connectivity index (χ0v) is 11.1. The Labute approximate surface area is 116 Å². The van der Waals surface area contributed by atoms with Crippen molar-refractivity contribution in [2.24, 2.45) is 5.92 Å². The monoisotopic (exact) mass is 279 g/mol. The van der Waals surface area contributed by atoms with Crippen molar-refractivity contribution < 1.29 is 18.3 Å². The highest BCUT2D eigenvalue weighted by Crippen LogP contribution is 2.45. The maximum absolute atomic E-state index is 13.4. The summed E-state index contributed by atoms with van der Waals surface area (Å²) < 4.78 is 31.5. The predicted molar refractivity (Wildman–Crippen MR) is 68.2 cm³/mol. The van der Waals surface area contributed by atoms with Crippen LogP contribution in [0.15, 0.2) is 24.3 Å². The van der Waals surface area contributed by atoms with Crippen molar-refractivity contribution in [2.45, 2.75) is 31.1 Å². The first-order chi connectivity index (χ1) is 9.46. The van der Waals surface area contributed by atoms with E-state index in [2.05, 4.69) is 0 Å². The van der Waals surface area contributed by atoms with E-state index in [0.717, 1.165) is 0 Å². The van der Waals surface area contributed by atoms with Gasteiger partial charge in [0.15, 0.2) is 0 Å². The molecule has 1 aliphatic rings. The molecule has 1 aromatic rings. The van der Waals surface area contributed by atoms with Crippen molar-refractivity contribution in [3.05, 3.63) is 35.4 Å². The number of rotatable bonds is 3. The summed E-state index contributed by atoms with van der Waals surface area (Å²) in [4.78, 5) is 12.0. The minimum Gasteiger partial charge on any atom is -0.469 e. The van der Waals surface area contributed by atoms with Crippen molar-refractivity contribution in [1.29, 1.82) is 5.26 Å². The van der Waals surface area contributed by atoms with Gasteiger partial charge in [-0.2, -0.15) is 5.26 Å². The largest absolute Gasteiger partial charge is 0.469 e. The SMILES string of the molecule is COC(=O)C(c1cccc(C#N)c1)C1CCC(F)(F)C1. The van der Waals surface area contributed by atoms with Gasteiger partial charge in [0.25, 0.3) is 0 Å². The number of hydrogen-bond donors (Lipinski definition) is 0. The molecule has 0 aliphatic heterocycles. The van der Waals surface area contributed by atoms with Crippen molar-refractivity contribution in [3.63, 3.8) is 0 Å². The molecule has 106 valence electrons. The van der Waals surface area contributed by atoms with E-state index in [1.165, 1.54) is 7.11 Å². The Morgan fingerprint density at radius 3 is 2.85 bits per heavy atom. The molecule has 0 saturated heterocycles. The topological polar surface area (TPSA) is 50.1 Å². The maximum atomic E-state index is 13.4. The van der Waals surface area contributed by atoms with Gasteiger partial charge in [0.2, 0.25) is 5.92 Å². The van der Waals surface area contributed by atoms with Crippen molar-refractivity contribution in [2.75, 3.05) is 7.11 Å². The Morgan fingerprint density at radius 2 is 2.30 bits per heavy atom. The molecule has 0 bridgehead atoms. The predicted octanol–water partition coefficient (Wildman–Crippen LogP) is 3.25. The second kappa shape index (κ2) is 5.58. The second-order valence-corrected chi connectivity index (χ2v) is 5.10. The summed E-state index contributed by atoms with van der Waals surface area (Å²) in [5.41, 5.74) is 0.972. The van der Waals surface area contributed by atoms with Crippen LogP contribution in [-0.2, 0) is 9.53 Å². The van der Waals surface area contributed by atoms with E-state index < -0.39 is 23.7 Å². The number of carbonyl (C=O) groups excluding carboxylic acids is 1. The van der Waals surface area contributed by atoms with Crippen LogP contribution in [-0.4, -0.2) is 19.0 Å². The molecule has 1 fully saturated rings. The number of ether oxygens (including phenoxy) is 1. The van der Waals surface area contributed by atoms with Gasteiger partial charge in [0.1, 0.15) is 0 Å². The molecule has 1 aliphatic carbocycles. The van der Waals surface area contributed by atoms with Gasteiger partial charge < -0.3 is 4.74 Å². The molecule has 0 amide bonds. The normalized spacial score (nSPS) is 22.0. The Hall–Kier alpha value is -1.96. The Balaban J connectivity index is 2.33. The molecular formula is C15H15F2NO2. The molecule has 2 unspecified atom stereocenters. The van der Waals surface area contributed by atoms with Crippen LogP contribution in [0.1, 0.15) is 36.3 Å². The highest BCUT2D eigenvalue weighted by atomic mass is 19.3. The fourth-order valence-corrected chi connectivity index (χ4v) is 2.80. The molecule has 0 aromatic heterocycles. The van der Waals surface area contributed by atoms with Gasteiger partial charge in [0, 0.05) is 12.8 Å². The Kier molecular flexibility index (Phi) is 4.03. The highest BCUT2D eigenvalue weighted by Gasteiger charge is 2.45. The summed E-state index contributed by atoms with van der Waals surface area (Å²) in [6.45, 7) is 0. The van der Waals surface area contributed by atoms with E-state index in [9.17, 15) is 13.6 Å². The molecule has 2 atom stereocenters. The molecule has 0 radical (unpaired) electrons. The smallest absolute Gasteiger partial charge is 0.313 e. The lowest BCUT2D eigenvalue weighted by atomic mass is 9.84. The number of esters is 1. The van der Waals surface area contributed by atoms with Crippen molar-refractivity contribution >= 4 is 5.97 Å². The molecule has 1 saturated carbocycles. The summed E-state index contributed by atoms with van der Waals surface area (Å²) in [7, 11) is 1.25. The minimum absolute atomic E-state index is 0.205. The summed E-state index contributed by atoms with van der Waals surface area (Å²) in [6.07, 6.45) is -0.240. The lowest BCUT2D eigenvalue weighted by Gasteiger charge is -2.21. The number of nitrogens with zero attached hydrogens (tertiary/aromatic N) is 1. The molecule has 20 heavy (non-hydrogen) atoms. The van der Waals surface area contributed by atoms with Gasteiger partial charge in [-0.3, -0.25) is 4.79 Å². The maximum Gasteiger partial charge on any atom is 0.313 e. The van der Waals surface area contributed by atoms with Gasteiger partial charge in [-0.1, -0.05) is 12.1 Å². The molecular weight excluding hydrogens is 264 g/mol. The average Bonchev–Trinajstić information content (AvgIpc) is 2.79. The number of methoxy groups -OCH3 is 1. The molecule has 5 heteroatoms. The first kappa shape index (κ1) is 14.4. The second-order valence-electron chi connectivity index (χ2n) is 5.10. The van der Waals surface area contributed by atoms with Gasteiger partial charge in [-0.05, 0) is 30.0 Å². The third-order valence-corrected chi connectivity index (χ3v) is 3.74. The average molecular weight is 279 g/mol. The number of benzene rings is 1. The van der Waals surface area contributed by atoms with Crippen LogP contribution in [0.2, 0.25) is 0 Å². The summed E-state index contributed by atoms with van der Waals surface area (Å²) >= 11 is 0. The first-order valence-corrected chi connectivity index (χ1v) is 6.42. The standard InChI is InChI=1S/C15H15F2NO2/c1-20-14(19)13(12-5-6-15(16,17)8-12)11-4-2-3-10(7-11)9-18/h2-4,7,12-13H,5-6,8H2,1H3. The third kappa shape index (κ3) is 2.96. The van der Waals surface area contributed by atoms with E-state index in [0.29, 0.717) is 11.1 Å². The fraction of sp³-hybridized carbons (Fsp3) is 0.467. The third-order valence-electron chi connectivity index (χ3n) is 3.74. The quantitative estimate of drug-likeness (QED) is 0.798. The van der Waals surface area contributed by atoms with Crippen LogP contribution < -0.4 is 0 Å². The number of halogens is 2. The van der Waals surface area contributed by atoms with E-state index in [1.807, 2.05) is 6.07 Å². The van der Waals surface area contributed by atoms with Crippen LogP contribution >= 0.6 is 0 Å². The van der Waals surface area contributed by atoms with Crippen molar-refractivity contribution in [3.8, 4) is 6.07 Å². The highest BCUT2D eigenvalue weighted by molar-refractivity contribution is 5.78. The van der Waals surface area contributed by atoms with E-state index in [1.54, 1.807) is 24.3 Å². The Morgan fingerprint density at radius 1 is 1.55 bits per heavy atom. The van der Waals surface area contributed by atoms with Crippen LogP contribution in [0.25, 0.3) is 0 Å². The Bertz CT molecular complexity index is 551. The van der Waals surface area contributed by atoms with Gasteiger partial charge in [-0.25, -0.2) is 8.78 Å². The molecule has 1 aromatic carbocycles. The number of nitriles is 1. The van der Waals surface area contributed by atoms with Gasteiger partial charge in [0.05, 0.1) is 24.7 Å². The summed E-state index contributed by atoms with van der Waals surface area (Å²) in [6, 6.07) is 8.49. The van der Waals surface area contributed by atoms with Crippen molar-refractivity contribution in [1.82, 2.24) is 0 Å². The lowest BCUT2D eigenvalue weighted by Crippen LogP contribution is -2.23. The zero-order chi connectivity index (χ0) is 14.8. The number of alkyl halides is 2. The lowest BCUT2D eigenvalue weighted by molar-refractivity contribution is -0.144. The fourth-order valence-electron chi connectivity index (χ4n) is 2.80. The van der Waals surface area contributed by atoms with Gasteiger partial charge >= 0.3 is 5.97 Å². The van der Waals surface area contributed by atoms with Gasteiger partial charge in [-0.15, -0.1) is 0 Å². The summed E-state index contributed by atoms with van der Waals surface area (Å²) in [5, 5.41) is 8.90. The molecule has 0 N–H and O–H groups in total. The van der Waals surface area contributed by atoms with E-state index in [4.69, 9.17) is 10.00 Å². The molecule has 3 nitrogen and oxygen atoms in total. The molecule has 0 heterocycles.